The SMILES string of the molecule is CC1(C)c2c(-c3ccc(-c4c5ccccc5c(-c5cccc(-c6cc7ccccc7c7ccccc67)c5)c5ccccc45)cc3)cccc2-c2ccc3ccccc3c21. The average molecular weight is 749 g/mol. The Kier molecular flexibility index (Phi) is 7.38. The Morgan fingerprint density at radius 1 is 0.254 bits per heavy atom. The molecule has 0 nitrogen and oxygen atoms in total. The molecule has 1 aliphatic carbocycles. The van der Waals surface area contributed by atoms with E-state index in [1.165, 1.54) is 121 Å². The lowest BCUT2D eigenvalue weighted by molar-refractivity contribution is 0.668. The number of hydrogen-bond acceptors (Lipinski definition) is 0. The van der Waals surface area contributed by atoms with Crippen molar-refractivity contribution in [2.75, 3.05) is 0 Å². The van der Waals surface area contributed by atoms with Crippen LogP contribution in [0.2, 0.25) is 0 Å². The molecule has 0 fully saturated rings. The van der Waals surface area contributed by atoms with E-state index in [1.54, 1.807) is 0 Å². The Balaban J connectivity index is 1.00. The fourth-order valence-corrected chi connectivity index (χ4v) is 10.7. The van der Waals surface area contributed by atoms with Crippen molar-refractivity contribution in [3.05, 3.63) is 217 Å². The van der Waals surface area contributed by atoms with Gasteiger partial charge in [0.1, 0.15) is 0 Å². The smallest absolute Gasteiger partial charge is 0.0171 e. The largest absolute Gasteiger partial charge is 0.0616 e. The third-order valence-electron chi connectivity index (χ3n) is 13.2. The molecule has 0 bridgehead atoms. The summed E-state index contributed by atoms with van der Waals surface area (Å²) in [6.45, 7) is 4.81. The lowest BCUT2D eigenvalue weighted by Crippen LogP contribution is -2.16. The van der Waals surface area contributed by atoms with Gasteiger partial charge in [0.25, 0.3) is 0 Å². The van der Waals surface area contributed by atoms with Crippen molar-refractivity contribution in [2.45, 2.75) is 19.3 Å². The lowest BCUT2D eigenvalue weighted by Gasteiger charge is -2.26. The van der Waals surface area contributed by atoms with Crippen LogP contribution in [0.4, 0.5) is 0 Å². The minimum Gasteiger partial charge on any atom is -0.0616 e. The molecule has 0 aliphatic heterocycles. The first-order valence-corrected chi connectivity index (χ1v) is 20.8. The lowest BCUT2D eigenvalue weighted by atomic mass is 9.77. The topological polar surface area (TPSA) is 0 Å². The van der Waals surface area contributed by atoms with Crippen LogP contribution in [0.3, 0.4) is 0 Å². The predicted molar refractivity (Wildman–Crippen MR) is 253 cm³/mol. The van der Waals surface area contributed by atoms with Crippen molar-refractivity contribution in [3.63, 3.8) is 0 Å². The van der Waals surface area contributed by atoms with E-state index in [1.807, 2.05) is 0 Å². The molecule has 12 rings (SSSR count). The zero-order valence-electron chi connectivity index (χ0n) is 33.1. The highest BCUT2D eigenvalue weighted by molar-refractivity contribution is 6.22. The third-order valence-corrected chi connectivity index (χ3v) is 13.2. The van der Waals surface area contributed by atoms with E-state index < -0.39 is 0 Å². The molecular formula is C59H40. The van der Waals surface area contributed by atoms with Crippen LogP contribution in [-0.2, 0) is 5.41 Å². The van der Waals surface area contributed by atoms with E-state index >= 15 is 0 Å². The van der Waals surface area contributed by atoms with Crippen LogP contribution in [0.15, 0.2) is 206 Å². The molecular weight excluding hydrogens is 709 g/mol. The quantitative estimate of drug-likeness (QED) is 0.124. The van der Waals surface area contributed by atoms with Crippen molar-refractivity contribution in [1.82, 2.24) is 0 Å². The molecule has 0 heteroatoms. The van der Waals surface area contributed by atoms with E-state index in [4.69, 9.17) is 0 Å². The van der Waals surface area contributed by atoms with Crippen LogP contribution in [0.1, 0.15) is 25.0 Å². The van der Waals surface area contributed by atoms with Gasteiger partial charge in [0.2, 0.25) is 0 Å². The summed E-state index contributed by atoms with van der Waals surface area (Å²) in [6.07, 6.45) is 0. The van der Waals surface area contributed by atoms with E-state index in [0.717, 1.165) is 0 Å². The second-order valence-electron chi connectivity index (χ2n) is 16.8. The number of rotatable bonds is 4. The molecule has 0 N–H and O–H groups in total. The number of benzene rings is 11. The summed E-state index contributed by atoms with van der Waals surface area (Å²) in [7, 11) is 0. The first-order chi connectivity index (χ1) is 29.0. The average Bonchev–Trinajstić information content (AvgIpc) is 3.54. The molecule has 0 saturated carbocycles. The van der Waals surface area contributed by atoms with Gasteiger partial charge in [-0.1, -0.05) is 208 Å². The van der Waals surface area contributed by atoms with Crippen LogP contribution in [0.25, 0.3) is 109 Å². The van der Waals surface area contributed by atoms with Gasteiger partial charge in [-0.25, -0.2) is 0 Å². The molecule has 0 unspecified atom stereocenters. The van der Waals surface area contributed by atoms with Gasteiger partial charge in [0, 0.05) is 5.41 Å². The summed E-state index contributed by atoms with van der Waals surface area (Å²) < 4.78 is 0. The van der Waals surface area contributed by atoms with Crippen LogP contribution >= 0.6 is 0 Å². The summed E-state index contributed by atoms with van der Waals surface area (Å²) >= 11 is 0. The van der Waals surface area contributed by atoms with Gasteiger partial charge in [-0.3, -0.25) is 0 Å². The van der Waals surface area contributed by atoms with Crippen molar-refractivity contribution >= 4 is 53.9 Å². The summed E-state index contributed by atoms with van der Waals surface area (Å²) in [6, 6.07) is 76.8. The number of hydrogen-bond donors (Lipinski definition) is 0. The van der Waals surface area contributed by atoms with Crippen molar-refractivity contribution in [3.8, 4) is 55.6 Å². The molecule has 0 saturated heterocycles. The molecule has 276 valence electrons. The van der Waals surface area contributed by atoms with E-state index in [9.17, 15) is 0 Å². The highest BCUT2D eigenvalue weighted by Crippen LogP contribution is 2.54. The van der Waals surface area contributed by atoms with E-state index in [2.05, 4.69) is 220 Å². The van der Waals surface area contributed by atoms with E-state index in [-0.39, 0.29) is 5.41 Å². The van der Waals surface area contributed by atoms with Gasteiger partial charge in [-0.2, -0.15) is 0 Å². The van der Waals surface area contributed by atoms with Crippen LogP contribution in [-0.4, -0.2) is 0 Å². The van der Waals surface area contributed by atoms with Crippen LogP contribution < -0.4 is 0 Å². The highest BCUT2D eigenvalue weighted by atomic mass is 14.4. The fraction of sp³-hybridized carbons (Fsp3) is 0.0508. The zero-order chi connectivity index (χ0) is 39.2. The van der Waals surface area contributed by atoms with Crippen LogP contribution in [0.5, 0.6) is 0 Å². The predicted octanol–water partition coefficient (Wildman–Crippen LogP) is 16.4. The van der Waals surface area contributed by atoms with Gasteiger partial charge < -0.3 is 0 Å². The maximum atomic E-state index is 2.40. The summed E-state index contributed by atoms with van der Waals surface area (Å²) in [4.78, 5) is 0. The molecule has 0 spiro atoms. The molecule has 0 heterocycles. The normalized spacial score (nSPS) is 13.1. The molecule has 1 aliphatic rings. The molecule has 0 amide bonds. The fourth-order valence-electron chi connectivity index (χ4n) is 10.7. The molecule has 11 aromatic rings. The second-order valence-corrected chi connectivity index (χ2v) is 16.8. The van der Waals surface area contributed by atoms with Crippen LogP contribution in [0, 0.1) is 0 Å². The Hall–Kier alpha value is -7.28. The molecule has 0 atom stereocenters. The number of fused-ring (bicyclic) bond motifs is 10. The molecule has 0 aromatic heterocycles. The summed E-state index contributed by atoms with van der Waals surface area (Å²) in [5, 5.41) is 12.8. The van der Waals surface area contributed by atoms with E-state index in [0.29, 0.717) is 0 Å². The maximum Gasteiger partial charge on any atom is 0.0171 e. The Morgan fingerprint density at radius 3 is 1.44 bits per heavy atom. The highest BCUT2D eigenvalue weighted by Gasteiger charge is 2.38. The van der Waals surface area contributed by atoms with Gasteiger partial charge in [0.05, 0.1) is 0 Å². The Labute approximate surface area is 344 Å². The summed E-state index contributed by atoms with van der Waals surface area (Å²) in [5.74, 6) is 0. The first kappa shape index (κ1) is 33.8. The molecule has 11 aromatic carbocycles. The third kappa shape index (κ3) is 5.03. The zero-order valence-corrected chi connectivity index (χ0v) is 33.1. The maximum absolute atomic E-state index is 2.40. The van der Waals surface area contributed by atoms with Crippen molar-refractivity contribution in [1.29, 1.82) is 0 Å². The van der Waals surface area contributed by atoms with Gasteiger partial charge in [0.15, 0.2) is 0 Å². The minimum absolute atomic E-state index is 0.137. The van der Waals surface area contributed by atoms with Gasteiger partial charge >= 0.3 is 0 Å². The first-order valence-electron chi connectivity index (χ1n) is 20.8. The minimum atomic E-state index is -0.137. The second kappa shape index (κ2) is 12.9. The summed E-state index contributed by atoms with van der Waals surface area (Å²) in [5.41, 5.74) is 15.5. The standard InChI is InChI=1S/C59H40/c1-59(2)57-45(27-14-28-52(57)53-34-33-37-15-3-6-20-44(37)58(53)59)38-29-31-39(32-30-38)55-48-23-9-11-25-50(48)56(51-26-12-10-24-49(51)55)42-18-13-17-40(35-42)54-36-41-16-4-5-19-43(41)46-21-7-8-22-47(46)54/h3-36H,1-2H3. The molecule has 0 radical (unpaired) electrons. The van der Waals surface area contributed by atoms with Gasteiger partial charge in [-0.05, 0) is 133 Å². The van der Waals surface area contributed by atoms with Crippen molar-refractivity contribution < 1.29 is 0 Å². The Morgan fingerprint density at radius 2 is 0.746 bits per heavy atom. The van der Waals surface area contributed by atoms with Gasteiger partial charge in [-0.15, -0.1) is 0 Å². The van der Waals surface area contributed by atoms with Crippen molar-refractivity contribution in [2.24, 2.45) is 0 Å². The monoisotopic (exact) mass is 748 g/mol. The Bertz CT molecular complexity index is 3450. The molecule has 59 heavy (non-hydrogen) atoms.